The standard InChI is InChI=1S/C12H16O3.CH2O/c1-12(2,3)9-4-6-10(7-5-9)15-8-11(13)14;1-2/h4-7H,8H2,1-3H3,(H,13,14);1H2. The number of carboxylic acids is 1. The molecule has 0 saturated heterocycles. The van der Waals surface area contributed by atoms with E-state index >= 15 is 0 Å². The molecule has 0 unspecified atom stereocenters. The minimum Gasteiger partial charge on any atom is -0.482 e. The first-order valence-corrected chi connectivity index (χ1v) is 5.13. The van der Waals surface area contributed by atoms with Gasteiger partial charge in [0.2, 0.25) is 0 Å². The fourth-order valence-corrected chi connectivity index (χ4v) is 1.20. The maximum atomic E-state index is 10.3. The van der Waals surface area contributed by atoms with Crippen LogP contribution in [-0.2, 0) is 15.0 Å². The summed E-state index contributed by atoms with van der Waals surface area (Å²) in [6.45, 7) is 8.08. The first-order chi connectivity index (χ1) is 7.89. The average molecular weight is 238 g/mol. The van der Waals surface area contributed by atoms with Gasteiger partial charge < -0.3 is 14.6 Å². The van der Waals surface area contributed by atoms with Gasteiger partial charge in [0.05, 0.1) is 0 Å². The van der Waals surface area contributed by atoms with Crippen LogP contribution in [-0.4, -0.2) is 24.5 Å². The molecule has 0 aromatic heterocycles. The van der Waals surface area contributed by atoms with Crippen molar-refractivity contribution in [1.82, 2.24) is 0 Å². The van der Waals surface area contributed by atoms with Gasteiger partial charge in [0.1, 0.15) is 12.5 Å². The fourth-order valence-electron chi connectivity index (χ4n) is 1.20. The van der Waals surface area contributed by atoms with Crippen LogP contribution in [0.4, 0.5) is 0 Å². The van der Waals surface area contributed by atoms with E-state index in [2.05, 4.69) is 20.8 Å². The fraction of sp³-hybridized carbons (Fsp3) is 0.385. The largest absolute Gasteiger partial charge is 0.482 e. The zero-order valence-corrected chi connectivity index (χ0v) is 10.4. The predicted octanol–water partition coefficient (Wildman–Crippen LogP) is 2.26. The van der Waals surface area contributed by atoms with Crippen LogP contribution in [0.15, 0.2) is 24.3 Å². The molecule has 0 aliphatic carbocycles. The predicted molar refractivity (Wildman–Crippen MR) is 65.4 cm³/mol. The van der Waals surface area contributed by atoms with Gasteiger partial charge in [0.25, 0.3) is 0 Å². The molecule has 0 heterocycles. The molecule has 1 aromatic carbocycles. The summed E-state index contributed by atoms with van der Waals surface area (Å²) in [4.78, 5) is 18.3. The average Bonchev–Trinajstić information content (AvgIpc) is 2.28. The summed E-state index contributed by atoms with van der Waals surface area (Å²) in [6.07, 6.45) is 0. The Bertz CT molecular complexity index is 349. The molecule has 0 aliphatic heterocycles. The molecule has 0 atom stereocenters. The quantitative estimate of drug-likeness (QED) is 0.877. The maximum absolute atomic E-state index is 10.3. The molecule has 4 heteroatoms. The van der Waals surface area contributed by atoms with Crippen LogP contribution in [0.3, 0.4) is 0 Å². The van der Waals surface area contributed by atoms with E-state index in [1.165, 1.54) is 5.56 Å². The lowest BCUT2D eigenvalue weighted by molar-refractivity contribution is -0.139. The molecule has 4 nitrogen and oxygen atoms in total. The van der Waals surface area contributed by atoms with Gasteiger partial charge in [0.15, 0.2) is 6.61 Å². The highest BCUT2D eigenvalue weighted by Crippen LogP contribution is 2.24. The van der Waals surface area contributed by atoms with E-state index in [1.54, 1.807) is 12.1 Å². The molecule has 94 valence electrons. The Morgan fingerprint density at radius 1 is 1.24 bits per heavy atom. The summed E-state index contributed by atoms with van der Waals surface area (Å²) in [7, 11) is 0. The van der Waals surface area contributed by atoms with E-state index in [4.69, 9.17) is 14.6 Å². The number of carbonyl (C=O) groups is 2. The number of carbonyl (C=O) groups excluding carboxylic acids is 1. The molecule has 0 radical (unpaired) electrons. The van der Waals surface area contributed by atoms with E-state index in [0.29, 0.717) is 5.75 Å². The Morgan fingerprint density at radius 2 is 1.71 bits per heavy atom. The van der Waals surface area contributed by atoms with Crippen molar-refractivity contribution >= 4 is 12.8 Å². The summed E-state index contributed by atoms with van der Waals surface area (Å²) >= 11 is 0. The van der Waals surface area contributed by atoms with E-state index < -0.39 is 5.97 Å². The Hall–Kier alpha value is -1.84. The zero-order chi connectivity index (χ0) is 13.5. The number of hydrogen-bond donors (Lipinski definition) is 1. The van der Waals surface area contributed by atoms with Crippen molar-refractivity contribution in [3.05, 3.63) is 29.8 Å². The van der Waals surface area contributed by atoms with Crippen molar-refractivity contribution in [2.45, 2.75) is 26.2 Å². The van der Waals surface area contributed by atoms with E-state index in [9.17, 15) is 4.79 Å². The van der Waals surface area contributed by atoms with Gasteiger partial charge in [-0.05, 0) is 23.1 Å². The lowest BCUT2D eigenvalue weighted by Gasteiger charge is -2.19. The molecular weight excluding hydrogens is 220 g/mol. The van der Waals surface area contributed by atoms with Gasteiger partial charge in [-0.1, -0.05) is 32.9 Å². The van der Waals surface area contributed by atoms with E-state index in [0.717, 1.165) is 0 Å². The van der Waals surface area contributed by atoms with Crippen molar-refractivity contribution < 1.29 is 19.4 Å². The van der Waals surface area contributed by atoms with Gasteiger partial charge in [0, 0.05) is 0 Å². The second-order valence-corrected chi connectivity index (χ2v) is 4.46. The van der Waals surface area contributed by atoms with Crippen LogP contribution in [0.5, 0.6) is 5.75 Å². The smallest absolute Gasteiger partial charge is 0.341 e. The lowest BCUT2D eigenvalue weighted by atomic mass is 9.87. The Balaban J connectivity index is 0.00000121. The van der Waals surface area contributed by atoms with Crippen molar-refractivity contribution in [1.29, 1.82) is 0 Å². The van der Waals surface area contributed by atoms with Gasteiger partial charge in [-0.2, -0.15) is 0 Å². The molecule has 1 aromatic rings. The molecule has 1 N–H and O–H groups in total. The monoisotopic (exact) mass is 238 g/mol. The highest BCUT2D eigenvalue weighted by atomic mass is 16.5. The molecule has 0 aliphatic rings. The highest BCUT2D eigenvalue weighted by molar-refractivity contribution is 5.68. The topological polar surface area (TPSA) is 63.6 Å². The summed E-state index contributed by atoms with van der Waals surface area (Å²) < 4.78 is 5.04. The Morgan fingerprint density at radius 3 is 2.06 bits per heavy atom. The third-order valence-corrected chi connectivity index (χ3v) is 2.08. The first-order valence-electron chi connectivity index (χ1n) is 5.13. The molecule has 1 rings (SSSR count). The van der Waals surface area contributed by atoms with Crippen molar-refractivity contribution in [2.75, 3.05) is 6.61 Å². The maximum Gasteiger partial charge on any atom is 0.341 e. The number of benzene rings is 1. The van der Waals surface area contributed by atoms with Gasteiger partial charge in [-0.3, -0.25) is 0 Å². The normalized spacial score (nSPS) is 10.1. The van der Waals surface area contributed by atoms with Crippen molar-refractivity contribution in [3.8, 4) is 5.75 Å². The van der Waals surface area contributed by atoms with E-state index in [1.807, 2.05) is 18.9 Å². The first kappa shape index (κ1) is 15.2. The van der Waals surface area contributed by atoms with E-state index in [-0.39, 0.29) is 12.0 Å². The van der Waals surface area contributed by atoms with Crippen LogP contribution in [0.2, 0.25) is 0 Å². The molecule has 0 fully saturated rings. The minimum atomic E-state index is -0.963. The van der Waals surface area contributed by atoms with Crippen LogP contribution in [0.1, 0.15) is 26.3 Å². The number of rotatable bonds is 3. The van der Waals surface area contributed by atoms with Gasteiger partial charge in [-0.15, -0.1) is 0 Å². The second kappa shape index (κ2) is 6.68. The molecule has 0 bridgehead atoms. The molecular formula is C13H18O4. The molecule has 0 spiro atoms. The summed E-state index contributed by atoms with van der Waals surface area (Å²) in [5, 5.41) is 8.43. The molecule has 17 heavy (non-hydrogen) atoms. The van der Waals surface area contributed by atoms with Crippen molar-refractivity contribution in [2.24, 2.45) is 0 Å². The third kappa shape index (κ3) is 5.70. The lowest BCUT2D eigenvalue weighted by Crippen LogP contribution is -2.12. The number of aliphatic carboxylic acids is 1. The van der Waals surface area contributed by atoms with Gasteiger partial charge >= 0.3 is 5.97 Å². The Kier molecular flexibility index (Phi) is 5.96. The number of ether oxygens (including phenoxy) is 1. The minimum absolute atomic E-state index is 0.103. The third-order valence-electron chi connectivity index (χ3n) is 2.08. The second-order valence-electron chi connectivity index (χ2n) is 4.46. The summed E-state index contributed by atoms with van der Waals surface area (Å²) in [6, 6.07) is 7.50. The van der Waals surface area contributed by atoms with Gasteiger partial charge in [-0.25, -0.2) is 4.79 Å². The van der Waals surface area contributed by atoms with Crippen LogP contribution >= 0.6 is 0 Å². The zero-order valence-electron chi connectivity index (χ0n) is 10.4. The summed E-state index contributed by atoms with van der Waals surface area (Å²) in [5.74, 6) is -0.375. The van der Waals surface area contributed by atoms with Crippen LogP contribution in [0, 0.1) is 0 Å². The number of carboxylic acid groups (broad SMARTS) is 1. The van der Waals surface area contributed by atoms with Crippen LogP contribution in [0.25, 0.3) is 0 Å². The number of hydrogen-bond acceptors (Lipinski definition) is 3. The molecule has 0 saturated carbocycles. The van der Waals surface area contributed by atoms with Crippen LogP contribution < -0.4 is 4.74 Å². The summed E-state index contributed by atoms with van der Waals surface area (Å²) in [5.41, 5.74) is 1.30. The van der Waals surface area contributed by atoms with Crippen molar-refractivity contribution in [3.63, 3.8) is 0 Å². The SMILES string of the molecule is C=O.CC(C)(C)c1ccc(OCC(=O)O)cc1. The Labute approximate surface area is 101 Å². The molecule has 0 amide bonds. The highest BCUT2D eigenvalue weighted by Gasteiger charge is 2.12.